The maximum atomic E-state index is 11.4. The number of benzene rings is 1. The molecule has 1 aliphatic heterocycles. The van der Waals surface area contributed by atoms with Gasteiger partial charge >= 0.3 is 5.97 Å². The molecule has 1 fully saturated rings. The summed E-state index contributed by atoms with van der Waals surface area (Å²) in [5.74, 6) is -0.526. The van der Waals surface area contributed by atoms with Gasteiger partial charge in [-0.15, -0.1) is 0 Å². The van der Waals surface area contributed by atoms with Crippen LogP contribution in [0.4, 0.5) is 0 Å². The Bertz CT molecular complexity index is 430. The Balaban J connectivity index is 2.08. The van der Waals surface area contributed by atoms with Gasteiger partial charge in [0.05, 0.1) is 6.61 Å². The number of hydrogen-bond acceptors (Lipinski definition) is 3. The fourth-order valence-electron chi connectivity index (χ4n) is 2.83. The van der Waals surface area contributed by atoms with Crippen molar-refractivity contribution in [3.8, 4) is 0 Å². The minimum atomic E-state index is -0.723. The normalized spacial score (nSPS) is 24.3. The summed E-state index contributed by atoms with van der Waals surface area (Å²) in [6, 6.07) is 7.32. The number of carbonyl (C=O) groups is 1. The average molecular weight is 263 g/mol. The van der Waals surface area contributed by atoms with Gasteiger partial charge in [0.1, 0.15) is 6.04 Å². The molecule has 1 aromatic carbocycles. The van der Waals surface area contributed by atoms with E-state index < -0.39 is 5.97 Å². The van der Waals surface area contributed by atoms with Crippen LogP contribution in [0.2, 0.25) is 0 Å². The van der Waals surface area contributed by atoms with Crippen molar-refractivity contribution in [3.63, 3.8) is 0 Å². The summed E-state index contributed by atoms with van der Waals surface area (Å²) >= 11 is 0. The molecule has 2 N–H and O–H groups in total. The van der Waals surface area contributed by atoms with Gasteiger partial charge in [-0.05, 0) is 36.4 Å². The Morgan fingerprint density at radius 3 is 2.53 bits per heavy atom. The number of aliphatic hydroxyl groups excluding tert-OH is 1. The lowest BCUT2D eigenvalue weighted by Crippen LogP contribution is -2.48. The molecule has 2 unspecified atom stereocenters. The van der Waals surface area contributed by atoms with Gasteiger partial charge in [0, 0.05) is 6.54 Å². The Morgan fingerprint density at radius 2 is 1.95 bits per heavy atom. The maximum Gasteiger partial charge on any atom is 0.321 e. The second kappa shape index (κ2) is 6.17. The lowest BCUT2D eigenvalue weighted by Gasteiger charge is -2.37. The van der Waals surface area contributed by atoms with Crippen LogP contribution in [-0.2, 0) is 17.9 Å². The number of carboxylic acid groups (broad SMARTS) is 1. The van der Waals surface area contributed by atoms with Gasteiger partial charge in [-0.3, -0.25) is 9.69 Å². The van der Waals surface area contributed by atoms with Crippen LogP contribution in [0.3, 0.4) is 0 Å². The van der Waals surface area contributed by atoms with Crippen molar-refractivity contribution < 1.29 is 15.0 Å². The molecule has 4 heteroatoms. The molecule has 1 heterocycles. The Kier molecular flexibility index (Phi) is 4.56. The van der Waals surface area contributed by atoms with Gasteiger partial charge < -0.3 is 10.2 Å². The molecule has 0 radical (unpaired) electrons. The van der Waals surface area contributed by atoms with Crippen molar-refractivity contribution in [1.29, 1.82) is 0 Å². The summed E-state index contributed by atoms with van der Waals surface area (Å²) in [5.41, 5.74) is 1.98. The predicted octanol–water partition coefficient (Wildman–Crippen LogP) is 1.86. The number of likely N-dealkylation sites (tertiary alicyclic amines) is 1. The van der Waals surface area contributed by atoms with E-state index in [2.05, 4.69) is 0 Å². The maximum absolute atomic E-state index is 11.4. The molecule has 0 spiro atoms. The number of nitrogens with zero attached hydrogens (tertiary/aromatic N) is 1. The molecule has 0 aliphatic carbocycles. The average Bonchev–Trinajstić information content (AvgIpc) is 2.39. The summed E-state index contributed by atoms with van der Waals surface area (Å²) in [4.78, 5) is 13.4. The number of hydrogen-bond donors (Lipinski definition) is 2. The predicted molar refractivity (Wildman–Crippen MR) is 72.6 cm³/mol. The highest BCUT2D eigenvalue weighted by atomic mass is 16.4. The lowest BCUT2D eigenvalue weighted by atomic mass is 9.90. The van der Waals surface area contributed by atoms with Crippen LogP contribution in [0.15, 0.2) is 24.3 Å². The number of aliphatic hydroxyl groups is 1. The van der Waals surface area contributed by atoms with Crippen molar-refractivity contribution >= 4 is 5.97 Å². The summed E-state index contributed by atoms with van der Waals surface area (Å²) in [7, 11) is 0. The third kappa shape index (κ3) is 3.33. The molecule has 19 heavy (non-hydrogen) atoms. The Labute approximate surface area is 113 Å². The van der Waals surface area contributed by atoms with Crippen LogP contribution in [0.1, 0.15) is 30.9 Å². The van der Waals surface area contributed by atoms with Gasteiger partial charge in [0.15, 0.2) is 0 Å². The number of aliphatic carboxylic acids is 1. The van der Waals surface area contributed by atoms with Gasteiger partial charge in [-0.2, -0.15) is 0 Å². The summed E-state index contributed by atoms with van der Waals surface area (Å²) in [5, 5.41) is 18.4. The fraction of sp³-hybridized carbons (Fsp3) is 0.533. The largest absolute Gasteiger partial charge is 0.480 e. The molecule has 1 aromatic rings. The zero-order valence-electron chi connectivity index (χ0n) is 11.2. The van der Waals surface area contributed by atoms with E-state index in [1.54, 1.807) is 0 Å². The number of piperidine rings is 1. The summed E-state index contributed by atoms with van der Waals surface area (Å²) in [6.45, 7) is 3.55. The molecule has 0 aromatic heterocycles. The smallest absolute Gasteiger partial charge is 0.321 e. The Hall–Kier alpha value is -1.39. The van der Waals surface area contributed by atoms with Crippen LogP contribution in [0.5, 0.6) is 0 Å². The first-order chi connectivity index (χ1) is 9.11. The fourth-order valence-corrected chi connectivity index (χ4v) is 2.83. The van der Waals surface area contributed by atoms with Crippen molar-refractivity contribution in [2.45, 2.75) is 39.0 Å². The summed E-state index contributed by atoms with van der Waals surface area (Å²) in [6.07, 6.45) is 2.04. The van der Waals surface area contributed by atoms with E-state index in [1.807, 2.05) is 36.1 Å². The minimum absolute atomic E-state index is 0.0405. The molecule has 104 valence electrons. The highest BCUT2D eigenvalue weighted by Crippen LogP contribution is 2.25. The summed E-state index contributed by atoms with van der Waals surface area (Å²) < 4.78 is 0. The highest BCUT2D eigenvalue weighted by Gasteiger charge is 2.33. The second-order valence-corrected chi connectivity index (χ2v) is 5.35. The van der Waals surface area contributed by atoms with Crippen LogP contribution in [0.25, 0.3) is 0 Å². The second-order valence-electron chi connectivity index (χ2n) is 5.35. The minimum Gasteiger partial charge on any atom is -0.480 e. The topological polar surface area (TPSA) is 60.8 Å². The molecule has 1 saturated heterocycles. The number of rotatable bonds is 4. The monoisotopic (exact) mass is 263 g/mol. The number of carboxylic acids is 1. The first kappa shape index (κ1) is 14.0. The van der Waals surface area contributed by atoms with Crippen LogP contribution < -0.4 is 0 Å². The van der Waals surface area contributed by atoms with Crippen LogP contribution in [-0.4, -0.2) is 33.7 Å². The van der Waals surface area contributed by atoms with E-state index in [1.165, 1.54) is 0 Å². The molecular formula is C15H21NO3. The molecule has 0 bridgehead atoms. The zero-order valence-corrected chi connectivity index (χ0v) is 11.2. The van der Waals surface area contributed by atoms with E-state index >= 15 is 0 Å². The lowest BCUT2D eigenvalue weighted by molar-refractivity contribution is -0.147. The van der Waals surface area contributed by atoms with Crippen LogP contribution >= 0.6 is 0 Å². The van der Waals surface area contributed by atoms with E-state index in [9.17, 15) is 9.90 Å². The zero-order chi connectivity index (χ0) is 13.8. The van der Waals surface area contributed by atoms with Crippen molar-refractivity contribution in [2.24, 2.45) is 5.92 Å². The third-order valence-electron chi connectivity index (χ3n) is 3.88. The van der Waals surface area contributed by atoms with Gasteiger partial charge in [0.25, 0.3) is 0 Å². The SMILES string of the molecule is CC1CCCN(Cc2ccc(CO)cc2)C1C(=O)O. The third-order valence-corrected chi connectivity index (χ3v) is 3.88. The quantitative estimate of drug-likeness (QED) is 0.870. The van der Waals surface area contributed by atoms with Crippen molar-refractivity contribution in [2.75, 3.05) is 6.54 Å². The van der Waals surface area contributed by atoms with E-state index in [0.29, 0.717) is 6.54 Å². The van der Waals surface area contributed by atoms with E-state index in [4.69, 9.17) is 5.11 Å². The molecule has 1 aliphatic rings. The van der Waals surface area contributed by atoms with E-state index in [-0.39, 0.29) is 18.6 Å². The van der Waals surface area contributed by atoms with Gasteiger partial charge in [-0.25, -0.2) is 0 Å². The molecule has 0 amide bonds. The molecule has 4 nitrogen and oxygen atoms in total. The first-order valence-electron chi connectivity index (χ1n) is 6.77. The van der Waals surface area contributed by atoms with Crippen LogP contribution in [0, 0.1) is 5.92 Å². The van der Waals surface area contributed by atoms with Crippen molar-refractivity contribution in [1.82, 2.24) is 4.90 Å². The molecule has 0 saturated carbocycles. The van der Waals surface area contributed by atoms with Gasteiger partial charge in [-0.1, -0.05) is 31.2 Å². The molecular weight excluding hydrogens is 242 g/mol. The molecule has 2 rings (SSSR count). The van der Waals surface area contributed by atoms with Crippen molar-refractivity contribution in [3.05, 3.63) is 35.4 Å². The first-order valence-corrected chi connectivity index (χ1v) is 6.77. The van der Waals surface area contributed by atoms with E-state index in [0.717, 1.165) is 30.5 Å². The Morgan fingerprint density at radius 1 is 1.32 bits per heavy atom. The molecule has 2 atom stereocenters. The highest BCUT2D eigenvalue weighted by molar-refractivity contribution is 5.74. The standard InChI is InChI=1S/C15H21NO3/c1-11-3-2-8-16(14(11)15(18)19)9-12-4-6-13(10-17)7-5-12/h4-7,11,14,17H,2-3,8-10H2,1H3,(H,18,19). The van der Waals surface area contributed by atoms with Gasteiger partial charge in [0.2, 0.25) is 0 Å².